The van der Waals surface area contributed by atoms with Gasteiger partial charge in [-0.05, 0) is 52.9 Å². The molecule has 1 aromatic rings. The second-order valence-electron chi connectivity index (χ2n) is 5.07. The number of carboxylic acids is 1. The van der Waals surface area contributed by atoms with E-state index in [9.17, 15) is 4.79 Å². The van der Waals surface area contributed by atoms with Gasteiger partial charge >= 0.3 is 5.97 Å². The Balaban J connectivity index is 2.09. The summed E-state index contributed by atoms with van der Waals surface area (Å²) in [6.07, 6.45) is 3.53. The highest BCUT2D eigenvalue weighted by Gasteiger charge is 2.07. The Morgan fingerprint density at radius 3 is 2.79 bits per heavy atom. The lowest BCUT2D eigenvalue weighted by molar-refractivity contribution is 0.0696. The van der Waals surface area contributed by atoms with Crippen molar-refractivity contribution in [2.24, 2.45) is 0 Å². The molecule has 108 valence electrons. The highest BCUT2D eigenvalue weighted by atomic mass is 16.4. The lowest BCUT2D eigenvalue weighted by atomic mass is 10.2. The molecule has 1 aromatic heterocycles. The van der Waals surface area contributed by atoms with E-state index >= 15 is 0 Å². The first-order valence-electron chi connectivity index (χ1n) is 6.72. The number of carboxylic acid groups (broad SMARTS) is 1. The van der Waals surface area contributed by atoms with Gasteiger partial charge in [0.25, 0.3) is 0 Å². The lowest BCUT2D eigenvalue weighted by Crippen LogP contribution is -2.27. The van der Waals surface area contributed by atoms with Crippen molar-refractivity contribution in [2.45, 2.75) is 39.3 Å². The van der Waals surface area contributed by atoms with Crippen LogP contribution in [0.15, 0.2) is 16.7 Å². The summed E-state index contributed by atoms with van der Waals surface area (Å²) in [6, 6.07) is 2.15. The van der Waals surface area contributed by atoms with Crippen LogP contribution < -0.4 is 5.32 Å². The largest absolute Gasteiger partial charge is 0.478 e. The Morgan fingerprint density at radius 1 is 1.47 bits per heavy atom. The Labute approximate surface area is 114 Å². The van der Waals surface area contributed by atoms with Gasteiger partial charge in [0.15, 0.2) is 0 Å². The molecule has 1 rings (SSSR count). The van der Waals surface area contributed by atoms with E-state index in [4.69, 9.17) is 9.52 Å². The van der Waals surface area contributed by atoms with Crippen molar-refractivity contribution in [1.82, 2.24) is 10.2 Å². The minimum atomic E-state index is -0.952. The number of hydrogen-bond donors (Lipinski definition) is 2. The van der Waals surface area contributed by atoms with Gasteiger partial charge in [0.05, 0.1) is 12.1 Å². The molecule has 0 radical (unpaired) electrons. The lowest BCUT2D eigenvalue weighted by Gasteiger charge is -2.20. The normalized spacial score (nSPS) is 11.4. The molecule has 0 aliphatic heterocycles. The van der Waals surface area contributed by atoms with E-state index in [1.807, 2.05) is 0 Å². The Kier molecular flexibility index (Phi) is 6.59. The van der Waals surface area contributed by atoms with Crippen LogP contribution in [0.3, 0.4) is 0 Å². The molecule has 0 bridgehead atoms. The molecule has 0 aliphatic rings. The predicted molar refractivity (Wildman–Crippen MR) is 74.4 cm³/mol. The quantitative estimate of drug-likeness (QED) is 0.672. The maximum atomic E-state index is 10.7. The molecule has 0 atom stereocenters. The van der Waals surface area contributed by atoms with Crippen molar-refractivity contribution in [3.05, 3.63) is 23.7 Å². The number of nitrogens with one attached hydrogen (secondary N) is 1. The van der Waals surface area contributed by atoms with E-state index in [-0.39, 0.29) is 5.56 Å². The number of aromatic carboxylic acids is 1. The second-order valence-corrected chi connectivity index (χ2v) is 5.07. The van der Waals surface area contributed by atoms with Crippen molar-refractivity contribution in [3.8, 4) is 0 Å². The van der Waals surface area contributed by atoms with Crippen LogP contribution in [0.5, 0.6) is 0 Å². The van der Waals surface area contributed by atoms with Crippen LogP contribution in [0.4, 0.5) is 0 Å². The standard InChI is InChI=1S/C14H24N2O3/c1-11(2)16(3)7-5-4-6-15-9-13-8-12(10-19-13)14(17)18/h8,10-11,15H,4-7,9H2,1-3H3,(H,17,18). The van der Waals surface area contributed by atoms with Crippen LogP contribution >= 0.6 is 0 Å². The molecule has 5 heteroatoms. The molecular formula is C14H24N2O3. The second kappa shape index (κ2) is 7.96. The zero-order valence-corrected chi connectivity index (χ0v) is 12.0. The van der Waals surface area contributed by atoms with Crippen LogP contribution in [0, 0.1) is 0 Å². The summed E-state index contributed by atoms with van der Waals surface area (Å²) in [5, 5.41) is 12.0. The highest BCUT2D eigenvalue weighted by molar-refractivity contribution is 5.87. The van der Waals surface area contributed by atoms with Gasteiger partial charge in [-0.25, -0.2) is 4.79 Å². The van der Waals surface area contributed by atoms with E-state index in [1.54, 1.807) is 6.07 Å². The van der Waals surface area contributed by atoms with Gasteiger partial charge in [0.1, 0.15) is 12.0 Å². The van der Waals surface area contributed by atoms with E-state index in [0.717, 1.165) is 25.9 Å². The minimum Gasteiger partial charge on any atom is -0.478 e. The molecule has 0 saturated carbocycles. The third-order valence-electron chi connectivity index (χ3n) is 3.20. The third kappa shape index (κ3) is 5.89. The SMILES string of the molecule is CC(C)N(C)CCCCNCc1cc(C(=O)O)co1. The summed E-state index contributed by atoms with van der Waals surface area (Å²) in [4.78, 5) is 13.0. The summed E-state index contributed by atoms with van der Waals surface area (Å²) in [6.45, 7) is 6.97. The van der Waals surface area contributed by atoms with E-state index in [1.165, 1.54) is 6.26 Å². The fraction of sp³-hybridized carbons (Fsp3) is 0.643. The van der Waals surface area contributed by atoms with Gasteiger partial charge in [-0.15, -0.1) is 0 Å². The van der Waals surface area contributed by atoms with Crippen LogP contribution in [-0.2, 0) is 6.54 Å². The first-order valence-corrected chi connectivity index (χ1v) is 6.72. The molecule has 0 aliphatic carbocycles. The summed E-state index contributed by atoms with van der Waals surface area (Å²) in [7, 11) is 2.13. The molecule has 1 heterocycles. The van der Waals surface area contributed by atoms with Gasteiger partial charge in [0.2, 0.25) is 0 Å². The average Bonchev–Trinajstić information content (AvgIpc) is 2.82. The molecular weight excluding hydrogens is 244 g/mol. The monoisotopic (exact) mass is 268 g/mol. The molecule has 2 N–H and O–H groups in total. The molecule has 0 amide bonds. The van der Waals surface area contributed by atoms with Gasteiger partial charge in [-0.2, -0.15) is 0 Å². The van der Waals surface area contributed by atoms with Crippen molar-refractivity contribution in [2.75, 3.05) is 20.1 Å². The summed E-state index contributed by atoms with van der Waals surface area (Å²) >= 11 is 0. The number of carbonyl (C=O) groups is 1. The van der Waals surface area contributed by atoms with Crippen LogP contribution in [0.1, 0.15) is 42.8 Å². The first-order chi connectivity index (χ1) is 9.00. The molecule has 0 saturated heterocycles. The first kappa shape index (κ1) is 15.7. The van der Waals surface area contributed by atoms with Crippen molar-refractivity contribution < 1.29 is 14.3 Å². The zero-order valence-electron chi connectivity index (χ0n) is 12.0. The average molecular weight is 268 g/mol. The number of hydrogen-bond acceptors (Lipinski definition) is 4. The number of furan rings is 1. The third-order valence-corrected chi connectivity index (χ3v) is 3.20. The smallest absolute Gasteiger partial charge is 0.338 e. The van der Waals surface area contributed by atoms with Crippen LogP contribution in [-0.4, -0.2) is 42.2 Å². The Morgan fingerprint density at radius 2 is 2.21 bits per heavy atom. The number of nitrogens with zero attached hydrogens (tertiary/aromatic N) is 1. The van der Waals surface area contributed by atoms with Gasteiger partial charge in [-0.3, -0.25) is 0 Å². The zero-order chi connectivity index (χ0) is 14.3. The molecule has 0 fully saturated rings. The van der Waals surface area contributed by atoms with E-state index in [0.29, 0.717) is 18.3 Å². The number of unbranched alkanes of at least 4 members (excludes halogenated alkanes) is 1. The van der Waals surface area contributed by atoms with Gasteiger partial charge in [0, 0.05) is 6.04 Å². The van der Waals surface area contributed by atoms with Crippen LogP contribution in [0.2, 0.25) is 0 Å². The fourth-order valence-corrected chi connectivity index (χ4v) is 1.67. The molecule has 0 unspecified atom stereocenters. The fourth-order valence-electron chi connectivity index (χ4n) is 1.67. The predicted octanol–water partition coefficient (Wildman–Crippen LogP) is 2.19. The summed E-state index contributed by atoms with van der Waals surface area (Å²) < 4.78 is 5.15. The number of rotatable bonds is 9. The van der Waals surface area contributed by atoms with Crippen molar-refractivity contribution in [3.63, 3.8) is 0 Å². The Bertz CT molecular complexity index is 388. The summed E-state index contributed by atoms with van der Waals surface area (Å²) in [5.74, 6) is -0.288. The van der Waals surface area contributed by atoms with Crippen molar-refractivity contribution in [1.29, 1.82) is 0 Å². The highest BCUT2D eigenvalue weighted by Crippen LogP contribution is 2.07. The Hall–Kier alpha value is -1.33. The van der Waals surface area contributed by atoms with Crippen LogP contribution in [0.25, 0.3) is 0 Å². The van der Waals surface area contributed by atoms with Gasteiger partial charge in [-0.1, -0.05) is 0 Å². The maximum absolute atomic E-state index is 10.7. The van der Waals surface area contributed by atoms with E-state index < -0.39 is 5.97 Å². The van der Waals surface area contributed by atoms with Gasteiger partial charge < -0.3 is 19.7 Å². The van der Waals surface area contributed by atoms with E-state index in [2.05, 4.69) is 31.1 Å². The topological polar surface area (TPSA) is 65.7 Å². The maximum Gasteiger partial charge on any atom is 0.338 e. The van der Waals surface area contributed by atoms with Crippen molar-refractivity contribution >= 4 is 5.97 Å². The summed E-state index contributed by atoms with van der Waals surface area (Å²) in [5.41, 5.74) is 0.204. The molecule has 0 spiro atoms. The minimum absolute atomic E-state index is 0.204. The molecule has 5 nitrogen and oxygen atoms in total. The molecule has 0 aromatic carbocycles. The molecule has 19 heavy (non-hydrogen) atoms.